The Hall–Kier alpha value is -1.76. The summed E-state index contributed by atoms with van der Waals surface area (Å²) in [6.45, 7) is 1.04. The smallest absolute Gasteiger partial charge is 0.240 e. The highest BCUT2D eigenvalue weighted by Crippen LogP contribution is 2.07. The number of piperidine rings is 1. The molecule has 3 amide bonds. The number of hydrogen-bond acceptors (Lipinski definition) is 5. The molecule has 18 heavy (non-hydrogen) atoms. The Morgan fingerprint density at radius 1 is 1.06 bits per heavy atom. The fourth-order valence-corrected chi connectivity index (χ4v) is 2.11. The van der Waals surface area contributed by atoms with E-state index in [9.17, 15) is 19.2 Å². The van der Waals surface area contributed by atoms with E-state index in [1.165, 1.54) is 4.90 Å². The molecule has 7 nitrogen and oxygen atoms in total. The molecule has 2 saturated heterocycles. The molecule has 1 N–H and O–H groups in total. The monoisotopic (exact) mass is 253 g/mol. The van der Waals surface area contributed by atoms with Crippen LogP contribution in [0.1, 0.15) is 12.8 Å². The summed E-state index contributed by atoms with van der Waals surface area (Å²) in [5.74, 6) is -0.725. The minimum absolute atomic E-state index is 0.0490. The normalized spacial score (nSPS) is 22.0. The molecule has 0 radical (unpaired) electrons. The zero-order valence-corrected chi connectivity index (χ0v) is 9.98. The van der Waals surface area contributed by atoms with Crippen LogP contribution in [0.5, 0.6) is 0 Å². The Morgan fingerprint density at radius 2 is 1.61 bits per heavy atom. The number of nitrogens with zero attached hydrogens (tertiary/aromatic N) is 2. The SMILES string of the molecule is O=C1CCN(C(=O)CN2CC(=O)NC(=O)C2)CC1. The first-order valence-electron chi connectivity index (χ1n) is 5.89. The van der Waals surface area contributed by atoms with Gasteiger partial charge in [0.2, 0.25) is 17.7 Å². The van der Waals surface area contributed by atoms with Crippen LogP contribution >= 0.6 is 0 Å². The molecule has 7 heteroatoms. The Kier molecular flexibility index (Phi) is 3.71. The highest BCUT2D eigenvalue weighted by Gasteiger charge is 2.27. The zero-order chi connectivity index (χ0) is 13.1. The van der Waals surface area contributed by atoms with Gasteiger partial charge in [0.05, 0.1) is 19.6 Å². The molecule has 2 fully saturated rings. The molecular weight excluding hydrogens is 238 g/mol. The van der Waals surface area contributed by atoms with Crippen molar-refractivity contribution in [3.8, 4) is 0 Å². The standard InChI is InChI=1S/C11H15N3O4/c15-8-1-3-14(4-2-8)11(18)7-13-5-9(16)12-10(17)6-13/h1-7H2,(H,12,16,17). The molecule has 2 aliphatic heterocycles. The van der Waals surface area contributed by atoms with Crippen molar-refractivity contribution in [1.82, 2.24) is 15.1 Å². The van der Waals surface area contributed by atoms with Crippen LogP contribution in [0, 0.1) is 0 Å². The van der Waals surface area contributed by atoms with Crippen LogP contribution in [-0.4, -0.2) is 66.0 Å². The first kappa shape index (κ1) is 12.7. The van der Waals surface area contributed by atoms with Gasteiger partial charge in [0.25, 0.3) is 0 Å². The fourth-order valence-electron chi connectivity index (χ4n) is 2.11. The number of ketones is 1. The molecule has 98 valence electrons. The fraction of sp³-hybridized carbons (Fsp3) is 0.636. The van der Waals surface area contributed by atoms with E-state index in [2.05, 4.69) is 5.32 Å². The number of imide groups is 1. The summed E-state index contributed by atoms with van der Waals surface area (Å²) in [6, 6.07) is 0. The maximum Gasteiger partial charge on any atom is 0.240 e. The van der Waals surface area contributed by atoms with Crippen molar-refractivity contribution in [2.45, 2.75) is 12.8 Å². The third-order valence-corrected chi connectivity index (χ3v) is 3.05. The minimum Gasteiger partial charge on any atom is -0.341 e. The van der Waals surface area contributed by atoms with Gasteiger partial charge in [-0.3, -0.25) is 29.4 Å². The molecule has 0 bridgehead atoms. The Bertz CT molecular complexity index is 381. The average Bonchev–Trinajstić information content (AvgIpc) is 2.28. The lowest BCUT2D eigenvalue weighted by Crippen LogP contribution is -2.54. The lowest BCUT2D eigenvalue weighted by Gasteiger charge is -2.30. The summed E-state index contributed by atoms with van der Waals surface area (Å²) in [4.78, 5) is 48.4. The van der Waals surface area contributed by atoms with Gasteiger partial charge in [0.1, 0.15) is 5.78 Å². The maximum absolute atomic E-state index is 11.9. The first-order valence-corrected chi connectivity index (χ1v) is 5.89. The summed E-state index contributed by atoms with van der Waals surface area (Å²) < 4.78 is 0. The van der Waals surface area contributed by atoms with Crippen LogP contribution in [0.4, 0.5) is 0 Å². The maximum atomic E-state index is 11.9. The Balaban J connectivity index is 1.85. The van der Waals surface area contributed by atoms with E-state index in [1.807, 2.05) is 0 Å². The van der Waals surface area contributed by atoms with Crippen molar-refractivity contribution in [2.75, 3.05) is 32.7 Å². The number of carbonyl (C=O) groups excluding carboxylic acids is 4. The summed E-state index contributed by atoms with van der Waals surface area (Å²) in [5.41, 5.74) is 0. The van der Waals surface area contributed by atoms with Crippen molar-refractivity contribution in [2.24, 2.45) is 0 Å². The van der Waals surface area contributed by atoms with Gasteiger partial charge in [-0.05, 0) is 0 Å². The van der Waals surface area contributed by atoms with Gasteiger partial charge in [-0.1, -0.05) is 0 Å². The van der Waals surface area contributed by atoms with Crippen molar-refractivity contribution in [3.05, 3.63) is 0 Å². The molecule has 2 heterocycles. The average molecular weight is 253 g/mol. The van der Waals surface area contributed by atoms with E-state index in [0.717, 1.165) is 0 Å². The second-order valence-corrected chi connectivity index (χ2v) is 4.54. The van der Waals surface area contributed by atoms with Crippen LogP contribution in [0.2, 0.25) is 0 Å². The van der Waals surface area contributed by atoms with Crippen LogP contribution in [-0.2, 0) is 19.2 Å². The number of Topliss-reactive ketones (excluding diaryl/α,β-unsaturated/α-hetero) is 1. The van der Waals surface area contributed by atoms with E-state index in [0.29, 0.717) is 25.9 Å². The molecule has 0 aliphatic carbocycles. The summed E-state index contributed by atoms with van der Waals surface area (Å²) in [6.07, 6.45) is 0.788. The first-order chi connectivity index (χ1) is 8.54. The van der Waals surface area contributed by atoms with Crippen molar-refractivity contribution >= 4 is 23.5 Å². The van der Waals surface area contributed by atoms with Gasteiger partial charge in [-0.2, -0.15) is 0 Å². The molecule has 0 spiro atoms. The van der Waals surface area contributed by atoms with Gasteiger partial charge >= 0.3 is 0 Å². The molecule has 0 atom stereocenters. The topological polar surface area (TPSA) is 86.8 Å². The van der Waals surface area contributed by atoms with Gasteiger partial charge in [-0.25, -0.2) is 0 Å². The van der Waals surface area contributed by atoms with Gasteiger partial charge in [-0.15, -0.1) is 0 Å². The van der Waals surface area contributed by atoms with Gasteiger partial charge < -0.3 is 4.90 Å². The number of amides is 3. The number of rotatable bonds is 2. The molecule has 0 unspecified atom stereocenters. The van der Waals surface area contributed by atoms with E-state index in [1.54, 1.807) is 4.90 Å². The van der Waals surface area contributed by atoms with E-state index >= 15 is 0 Å². The number of carbonyl (C=O) groups is 4. The Morgan fingerprint density at radius 3 is 2.17 bits per heavy atom. The van der Waals surface area contributed by atoms with E-state index in [-0.39, 0.29) is 43.1 Å². The summed E-state index contributed by atoms with van der Waals surface area (Å²) >= 11 is 0. The van der Waals surface area contributed by atoms with Crippen molar-refractivity contribution < 1.29 is 19.2 Å². The second kappa shape index (κ2) is 5.26. The summed E-state index contributed by atoms with van der Waals surface area (Å²) in [7, 11) is 0. The van der Waals surface area contributed by atoms with Crippen LogP contribution < -0.4 is 5.32 Å². The molecular formula is C11H15N3O4. The van der Waals surface area contributed by atoms with Crippen molar-refractivity contribution in [3.63, 3.8) is 0 Å². The third kappa shape index (κ3) is 3.13. The number of nitrogens with one attached hydrogen (secondary N) is 1. The van der Waals surface area contributed by atoms with E-state index < -0.39 is 0 Å². The lowest BCUT2D eigenvalue weighted by atomic mass is 10.1. The van der Waals surface area contributed by atoms with Crippen LogP contribution in [0.25, 0.3) is 0 Å². The molecule has 2 rings (SSSR count). The second-order valence-electron chi connectivity index (χ2n) is 4.54. The number of piperazine rings is 1. The molecule has 0 aromatic heterocycles. The minimum atomic E-state index is -0.382. The molecule has 2 aliphatic rings. The van der Waals surface area contributed by atoms with E-state index in [4.69, 9.17) is 0 Å². The highest BCUT2D eigenvalue weighted by molar-refractivity contribution is 5.99. The van der Waals surface area contributed by atoms with Crippen LogP contribution in [0.15, 0.2) is 0 Å². The molecule has 0 aromatic rings. The van der Waals surface area contributed by atoms with Gasteiger partial charge in [0, 0.05) is 25.9 Å². The lowest BCUT2D eigenvalue weighted by molar-refractivity contribution is -0.139. The third-order valence-electron chi connectivity index (χ3n) is 3.05. The van der Waals surface area contributed by atoms with Crippen molar-refractivity contribution in [1.29, 1.82) is 0 Å². The summed E-state index contributed by atoms with van der Waals surface area (Å²) in [5, 5.41) is 2.18. The number of likely N-dealkylation sites (tertiary alicyclic amines) is 1. The van der Waals surface area contributed by atoms with Gasteiger partial charge in [0.15, 0.2) is 0 Å². The number of hydrogen-bond donors (Lipinski definition) is 1. The highest BCUT2D eigenvalue weighted by atomic mass is 16.2. The predicted molar refractivity (Wildman–Crippen MR) is 60.4 cm³/mol. The van der Waals surface area contributed by atoms with Crippen LogP contribution in [0.3, 0.4) is 0 Å². The molecule has 0 saturated carbocycles. The Labute approximate surface area is 104 Å². The zero-order valence-electron chi connectivity index (χ0n) is 9.98. The predicted octanol–water partition coefficient (Wildman–Crippen LogP) is -1.86. The largest absolute Gasteiger partial charge is 0.341 e. The quantitative estimate of drug-likeness (QED) is 0.583. The molecule has 0 aromatic carbocycles.